The fraction of sp³-hybridized carbons (Fsp3) is 0.667. The molecular formula is C24H35NO6. The third kappa shape index (κ3) is 7.68. The molecule has 1 aromatic rings. The Morgan fingerprint density at radius 1 is 0.806 bits per heavy atom. The normalized spacial score (nSPS) is 18.6. The molecule has 172 valence electrons. The molecule has 2 amide bonds. The number of unbranched alkanes of at least 4 members (excludes halogenated alkanes) is 3. The summed E-state index contributed by atoms with van der Waals surface area (Å²) in [6.07, 6.45) is 7.92. The van der Waals surface area contributed by atoms with Gasteiger partial charge in [0.05, 0.1) is 24.3 Å². The van der Waals surface area contributed by atoms with Gasteiger partial charge in [0.1, 0.15) is 0 Å². The highest BCUT2D eigenvalue weighted by Gasteiger charge is 2.34. The van der Waals surface area contributed by atoms with Gasteiger partial charge in [0.25, 0.3) is 11.8 Å². The van der Waals surface area contributed by atoms with E-state index in [0.29, 0.717) is 37.5 Å². The molecule has 0 spiro atoms. The van der Waals surface area contributed by atoms with E-state index in [2.05, 4.69) is 0 Å². The van der Waals surface area contributed by atoms with Gasteiger partial charge in [-0.2, -0.15) is 0 Å². The van der Waals surface area contributed by atoms with Crippen molar-refractivity contribution in [2.75, 3.05) is 46.2 Å². The van der Waals surface area contributed by atoms with E-state index in [9.17, 15) is 9.59 Å². The molecule has 0 N–H and O–H groups in total. The maximum atomic E-state index is 12.3. The second-order valence-corrected chi connectivity index (χ2v) is 7.97. The van der Waals surface area contributed by atoms with Gasteiger partial charge < -0.3 is 18.9 Å². The number of nitrogens with zero attached hydrogens (tertiary/aromatic N) is 1. The summed E-state index contributed by atoms with van der Waals surface area (Å²) in [6.45, 7) is 4.59. The van der Waals surface area contributed by atoms with Crippen molar-refractivity contribution in [1.82, 2.24) is 4.90 Å². The number of rotatable bonds is 15. The Balaban J connectivity index is 1.09. The Kier molecular flexibility index (Phi) is 10.4. The van der Waals surface area contributed by atoms with Gasteiger partial charge >= 0.3 is 0 Å². The first-order valence-electron chi connectivity index (χ1n) is 11.6. The van der Waals surface area contributed by atoms with Gasteiger partial charge in [0.15, 0.2) is 6.29 Å². The highest BCUT2D eigenvalue weighted by atomic mass is 16.7. The van der Waals surface area contributed by atoms with E-state index in [1.807, 2.05) is 0 Å². The lowest BCUT2D eigenvalue weighted by Gasteiger charge is -2.22. The first-order chi connectivity index (χ1) is 15.3. The summed E-state index contributed by atoms with van der Waals surface area (Å²) in [5.74, 6) is -0.356. The highest BCUT2D eigenvalue weighted by molar-refractivity contribution is 6.21. The SMILES string of the molecule is O=C1c2ccccc2C(=O)N1CCCCCOCCOCCCCOC1CCCCO1. The molecule has 1 unspecified atom stereocenters. The fourth-order valence-electron chi connectivity index (χ4n) is 3.78. The standard InChI is InChI=1S/C24H35NO6/c26-23-20-10-2-3-11-21(20)24(27)25(23)13-5-1-6-14-28-18-19-29-15-8-9-17-31-22-12-4-7-16-30-22/h2-3,10-11,22H,1,4-9,12-19H2. The number of imide groups is 1. The molecule has 0 aromatic heterocycles. The van der Waals surface area contributed by atoms with Gasteiger partial charge in [-0.3, -0.25) is 14.5 Å². The number of benzene rings is 1. The first-order valence-corrected chi connectivity index (χ1v) is 11.6. The molecule has 1 fully saturated rings. The topological polar surface area (TPSA) is 74.3 Å². The minimum Gasteiger partial charge on any atom is -0.379 e. The summed E-state index contributed by atoms with van der Waals surface area (Å²) in [6, 6.07) is 7.00. The van der Waals surface area contributed by atoms with Crippen molar-refractivity contribution in [2.45, 2.75) is 57.7 Å². The quantitative estimate of drug-likeness (QED) is 0.309. The number of fused-ring (bicyclic) bond motifs is 1. The maximum absolute atomic E-state index is 12.3. The van der Waals surface area contributed by atoms with Crippen LogP contribution in [0, 0.1) is 0 Å². The predicted octanol–water partition coefficient (Wildman–Crippen LogP) is 3.81. The van der Waals surface area contributed by atoms with Crippen molar-refractivity contribution in [3.8, 4) is 0 Å². The summed E-state index contributed by atoms with van der Waals surface area (Å²) in [4.78, 5) is 25.9. The van der Waals surface area contributed by atoms with Crippen LogP contribution in [0.25, 0.3) is 0 Å². The average molecular weight is 434 g/mol. The lowest BCUT2D eigenvalue weighted by molar-refractivity contribution is -0.163. The molecule has 7 nitrogen and oxygen atoms in total. The van der Waals surface area contributed by atoms with Gasteiger partial charge in [-0.15, -0.1) is 0 Å². The molecule has 2 heterocycles. The molecule has 0 aliphatic carbocycles. The van der Waals surface area contributed by atoms with Gasteiger partial charge in [-0.1, -0.05) is 12.1 Å². The number of carbonyl (C=O) groups excluding carboxylic acids is 2. The molecule has 1 saturated heterocycles. The number of ether oxygens (including phenoxy) is 4. The van der Waals surface area contributed by atoms with Crippen LogP contribution in [0.4, 0.5) is 0 Å². The Bertz CT molecular complexity index is 653. The van der Waals surface area contributed by atoms with Crippen LogP contribution in [-0.2, 0) is 18.9 Å². The van der Waals surface area contributed by atoms with E-state index in [1.54, 1.807) is 24.3 Å². The minimum atomic E-state index is -0.178. The van der Waals surface area contributed by atoms with Crippen molar-refractivity contribution in [3.63, 3.8) is 0 Å². The van der Waals surface area contributed by atoms with Crippen LogP contribution in [0.15, 0.2) is 24.3 Å². The molecule has 31 heavy (non-hydrogen) atoms. The molecular weight excluding hydrogens is 398 g/mol. The average Bonchev–Trinajstić information content (AvgIpc) is 3.05. The van der Waals surface area contributed by atoms with E-state index < -0.39 is 0 Å². The number of carbonyl (C=O) groups is 2. The minimum absolute atomic E-state index is 0.00398. The van der Waals surface area contributed by atoms with Crippen LogP contribution in [-0.4, -0.2) is 69.2 Å². The van der Waals surface area contributed by atoms with Crippen LogP contribution in [0.1, 0.15) is 72.1 Å². The van der Waals surface area contributed by atoms with E-state index in [1.165, 1.54) is 11.3 Å². The monoisotopic (exact) mass is 433 g/mol. The Morgan fingerprint density at radius 3 is 2.10 bits per heavy atom. The van der Waals surface area contributed by atoms with Gasteiger partial charge in [-0.05, 0) is 63.5 Å². The van der Waals surface area contributed by atoms with Crippen molar-refractivity contribution in [1.29, 1.82) is 0 Å². The molecule has 3 rings (SSSR count). The zero-order valence-electron chi connectivity index (χ0n) is 18.4. The van der Waals surface area contributed by atoms with Crippen LogP contribution < -0.4 is 0 Å². The van der Waals surface area contributed by atoms with E-state index in [4.69, 9.17) is 18.9 Å². The molecule has 0 saturated carbocycles. The van der Waals surface area contributed by atoms with E-state index >= 15 is 0 Å². The summed E-state index contributed by atoms with van der Waals surface area (Å²) in [5, 5.41) is 0. The molecule has 0 radical (unpaired) electrons. The van der Waals surface area contributed by atoms with Crippen LogP contribution in [0.3, 0.4) is 0 Å². The molecule has 0 bridgehead atoms. The van der Waals surface area contributed by atoms with E-state index in [0.717, 1.165) is 64.8 Å². The van der Waals surface area contributed by atoms with Crippen LogP contribution >= 0.6 is 0 Å². The van der Waals surface area contributed by atoms with Crippen LogP contribution in [0.2, 0.25) is 0 Å². The first kappa shape index (κ1) is 23.9. The molecule has 1 aromatic carbocycles. The number of hydrogen-bond donors (Lipinski definition) is 0. The number of amides is 2. The van der Waals surface area contributed by atoms with Crippen molar-refractivity contribution < 1.29 is 28.5 Å². The summed E-state index contributed by atoms with van der Waals surface area (Å²) in [5.41, 5.74) is 1.03. The molecule has 2 aliphatic heterocycles. The largest absolute Gasteiger partial charge is 0.379 e. The summed E-state index contributed by atoms with van der Waals surface area (Å²) in [7, 11) is 0. The lowest BCUT2D eigenvalue weighted by Crippen LogP contribution is -2.30. The maximum Gasteiger partial charge on any atom is 0.261 e. The van der Waals surface area contributed by atoms with Gasteiger partial charge in [-0.25, -0.2) is 0 Å². The predicted molar refractivity (Wildman–Crippen MR) is 116 cm³/mol. The summed E-state index contributed by atoms with van der Waals surface area (Å²) < 4.78 is 22.4. The van der Waals surface area contributed by atoms with Crippen LogP contribution in [0.5, 0.6) is 0 Å². The van der Waals surface area contributed by atoms with Gasteiger partial charge in [0.2, 0.25) is 0 Å². The van der Waals surface area contributed by atoms with Crippen molar-refractivity contribution in [3.05, 3.63) is 35.4 Å². The van der Waals surface area contributed by atoms with Gasteiger partial charge in [0, 0.05) is 33.0 Å². The van der Waals surface area contributed by atoms with Crippen molar-refractivity contribution >= 4 is 11.8 Å². The molecule has 7 heteroatoms. The lowest BCUT2D eigenvalue weighted by atomic mass is 10.1. The Morgan fingerprint density at radius 2 is 1.45 bits per heavy atom. The third-order valence-corrected chi connectivity index (χ3v) is 5.55. The number of hydrogen-bond acceptors (Lipinski definition) is 6. The van der Waals surface area contributed by atoms with E-state index in [-0.39, 0.29) is 18.1 Å². The second kappa shape index (κ2) is 13.6. The molecule has 2 aliphatic rings. The Hall–Kier alpha value is -1.80. The zero-order chi connectivity index (χ0) is 21.7. The third-order valence-electron chi connectivity index (χ3n) is 5.55. The molecule has 1 atom stereocenters. The van der Waals surface area contributed by atoms with Crippen molar-refractivity contribution in [2.24, 2.45) is 0 Å². The Labute approximate surface area is 185 Å². The second-order valence-electron chi connectivity index (χ2n) is 7.97. The highest BCUT2D eigenvalue weighted by Crippen LogP contribution is 2.22. The zero-order valence-corrected chi connectivity index (χ0v) is 18.4. The smallest absolute Gasteiger partial charge is 0.261 e. The summed E-state index contributed by atoms with van der Waals surface area (Å²) >= 11 is 0. The fourth-order valence-corrected chi connectivity index (χ4v) is 3.78.